The van der Waals surface area contributed by atoms with Crippen LogP contribution in [0, 0.1) is 21.4 Å². The number of rotatable bonds is 6. The van der Waals surface area contributed by atoms with Gasteiger partial charge in [0.25, 0.3) is 17.2 Å². The van der Waals surface area contributed by atoms with Crippen LogP contribution in [0.3, 0.4) is 0 Å². The van der Waals surface area contributed by atoms with Crippen LogP contribution < -0.4 is 20.1 Å². The summed E-state index contributed by atoms with van der Waals surface area (Å²) in [5, 5.41) is 23.9. The Bertz CT molecular complexity index is 1650. The number of nitriles is 1. The van der Waals surface area contributed by atoms with Gasteiger partial charge in [-0.2, -0.15) is 5.26 Å². The summed E-state index contributed by atoms with van der Waals surface area (Å²) in [5.41, 5.74) is 1.06. The lowest BCUT2D eigenvalue weighted by molar-refractivity contribution is -0.384. The lowest BCUT2D eigenvalue weighted by Crippen LogP contribution is -2.34. The molecular formula is C27H20N4O4S. The van der Waals surface area contributed by atoms with E-state index in [0.29, 0.717) is 11.3 Å². The molecule has 0 aliphatic heterocycles. The maximum Gasteiger partial charge on any atom is 0.273 e. The van der Waals surface area contributed by atoms with Crippen molar-refractivity contribution in [1.82, 2.24) is 9.88 Å². The lowest BCUT2D eigenvalue weighted by Gasteiger charge is -2.13. The van der Waals surface area contributed by atoms with Gasteiger partial charge in [-0.15, -0.1) is 11.3 Å². The first-order chi connectivity index (χ1) is 17.4. The smallest absolute Gasteiger partial charge is 0.273 e. The zero-order valence-electron chi connectivity index (χ0n) is 19.1. The molecule has 0 unspecified atom stereocenters. The van der Waals surface area contributed by atoms with Gasteiger partial charge in [-0.05, 0) is 36.3 Å². The Morgan fingerprint density at radius 2 is 1.75 bits per heavy atom. The molecule has 1 amide bonds. The number of nitrogens with zero attached hydrogens (tertiary/aromatic N) is 3. The normalized spacial score (nSPS) is 12.9. The molecule has 4 aromatic rings. The third-order valence-corrected chi connectivity index (χ3v) is 6.51. The van der Waals surface area contributed by atoms with E-state index >= 15 is 0 Å². The quantitative estimate of drug-likeness (QED) is 0.325. The molecule has 0 fully saturated rings. The molecule has 0 saturated heterocycles. The van der Waals surface area contributed by atoms with E-state index in [4.69, 9.17) is 0 Å². The summed E-state index contributed by atoms with van der Waals surface area (Å²) in [6.45, 7) is 1.81. The van der Waals surface area contributed by atoms with Gasteiger partial charge in [-0.1, -0.05) is 60.7 Å². The van der Waals surface area contributed by atoms with Crippen LogP contribution in [0.15, 0.2) is 89.7 Å². The first-order valence-corrected chi connectivity index (χ1v) is 11.7. The molecule has 8 nitrogen and oxygen atoms in total. The molecule has 0 spiro atoms. The molecule has 0 saturated carbocycles. The first-order valence-electron chi connectivity index (χ1n) is 10.9. The highest BCUT2D eigenvalue weighted by atomic mass is 32.1. The SMILES string of the molecule is C[C@@H](NC(=O)/C(C#N)=c1\s/c(=C/c2cccc([N+](=O)[O-])c2)c(=O)n1-c1ccccc1)c1ccccc1. The van der Waals surface area contributed by atoms with Crippen molar-refractivity contribution in [3.63, 3.8) is 0 Å². The van der Waals surface area contributed by atoms with Crippen LogP contribution in [0.25, 0.3) is 17.3 Å². The van der Waals surface area contributed by atoms with E-state index in [9.17, 15) is 25.0 Å². The van der Waals surface area contributed by atoms with E-state index < -0.39 is 16.4 Å². The second kappa shape index (κ2) is 10.6. The highest BCUT2D eigenvalue weighted by Crippen LogP contribution is 2.14. The van der Waals surface area contributed by atoms with E-state index in [1.807, 2.05) is 43.3 Å². The second-order valence-corrected chi connectivity index (χ2v) is 8.87. The van der Waals surface area contributed by atoms with Crippen LogP contribution in [-0.2, 0) is 4.79 Å². The molecule has 1 N–H and O–H groups in total. The molecular weight excluding hydrogens is 476 g/mol. The maximum atomic E-state index is 13.5. The fourth-order valence-electron chi connectivity index (χ4n) is 3.63. The molecule has 1 heterocycles. The molecule has 0 aliphatic carbocycles. The van der Waals surface area contributed by atoms with Crippen LogP contribution in [0.2, 0.25) is 0 Å². The number of carbonyl (C=O) groups excluding carboxylic acids is 1. The number of para-hydroxylation sites is 1. The molecule has 178 valence electrons. The summed E-state index contributed by atoms with van der Waals surface area (Å²) in [6, 6.07) is 25.5. The molecule has 9 heteroatoms. The molecule has 1 aromatic heterocycles. The predicted molar refractivity (Wildman–Crippen MR) is 138 cm³/mol. The maximum absolute atomic E-state index is 13.5. The number of amides is 1. The Kier molecular flexibility index (Phi) is 7.18. The van der Waals surface area contributed by atoms with Crippen molar-refractivity contribution in [1.29, 1.82) is 5.26 Å². The fourth-order valence-corrected chi connectivity index (χ4v) is 4.73. The van der Waals surface area contributed by atoms with Crippen LogP contribution in [0.1, 0.15) is 24.1 Å². The van der Waals surface area contributed by atoms with E-state index in [-0.39, 0.29) is 26.5 Å². The number of nitrogens with one attached hydrogen (secondary N) is 1. The third-order valence-electron chi connectivity index (χ3n) is 5.42. The van der Waals surface area contributed by atoms with Crippen LogP contribution in [0.4, 0.5) is 5.69 Å². The summed E-state index contributed by atoms with van der Waals surface area (Å²) < 4.78 is 1.72. The number of benzene rings is 3. The molecule has 0 bridgehead atoms. The van der Waals surface area contributed by atoms with Crippen molar-refractivity contribution >= 4 is 34.6 Å². The Morgan fingerprint density at radius 1 is 1.08 bits per heavy atom. The highest BCUT2D eigenvalue weighted by molar-refractivity contribution is 7.07. The number of hydrogen-bond donors (Lipinski definition) is 1. The van der Waals surface area contributed by atoms with Gasteiger partial charge in [-0.3, -0.25) is 24.3 Å². The van der Waals surface area contributed by atoms with Crippen LogP contribution >= 0.6 is 11.3 Å². The van der Waals surface area contributed by atoms with Crippen molar-refractivity contribution in [2.75, 3.05) is 0 Å². The number of aromatic nitrogens is 1. The van der Waals surface area contributed by atoms with Crippen molar-refractivity contribution in [3.05, 3.63) is 126 Å². The minimum atomic E-state index is -0.610. The standard InChI is InChI=1S/C27H20N4O4S/c1-18(20-10-4-2-5-11-20)29-25(32)23(17-28)27-30(21-12-6-3-7-13-21)26(33)24(36-27)16-19-9-8-14-22(15-19)31(34)35/h2-16,18H,1H3,(H,29,32)/b24-16+,27-23-/t18-/m1/s1. The summed E-state index contributed by atoms with van der Waals surface area (Å²) >= 11 is 0.979. The fraction of sp³-hybridized carbons (Fsp3) is 0.0741. The van der Waals surface area contributed by atoms with Gasteiger partial charge >= 0.3 is 0 Å². The van der Waals surface area contributed by atoms with Gasteiger partial charge in [0.05, 0.1) is 21.2 Å². The number of nitro benzene ring substituents is 1. The minimum absolute atomic E-state index is 0.109. The zero-order valence-corrected chi connectivity index (χ0v) is 19.9. The summed E-state index contributed by atoms with van der Waals surface area (Å²) in [6.07, 6.45) is 1.52. The third kappa shape index (κ3) is 5.14. The summed E-state index contributed by atoms with van der Waals surface area (Å²) in [4.78, 5) is 37.3. The lowest BCUT2D eigenvalue weighted by atomic mass is 10.1. The Hall–Kier alpha value is -4.81. The van der Waals surface area contributed by atoms with E-state index in [2.05, 4.69) is 5.32 Å². The van der Waals surface area contributed by atoms with Crippen molar-refractivity contribution < 1.29 is 9.72 Å². The topological polar surface area (TPSA) is 118 Å². The second-order valence-electron chi connectivity index (χ2n) is 7.84. The van der Waals surface area contributed by atoms with Gasteiger partial charge in [0.1, 0.15) is 10.7 Å². The van der Waals surface area contributed by atoms with E-state index in [1.54, 1.807) is 36.4 Å². The van der Waals surface area contributed by atoms with Gasteiger partial charge in [-0.25, -0.2) is 0 Å². The number of carbonyl (C=O) groups is 1. The van der Waals surface area contributed by atoms with E-state index in [1.165, 1.54) is 28.8 Å². The summed E-state index contributed by atoms with van der Waals surface area (Å²) in [5.74, 6) is -0.610. The van der Waals surface area contributed by atoms with Gasteiger partial charge in [0.2, 0.25) is 0 Å². The number of non-ortho nitro benzene ring substituents is 1. The van der Waals surface area contributed by atoms with E-state index in [0.717, 1.165) is 16.9 Å². The van der Waals surface area contributed by atoms with Gasteiger partial charge < -0.3 is 5.32 Å². The summed E-state index contributed by atoms with van der Waals surface area (Å²) in [7, 11) is 0. The average molecular weight is 497 g/mol. The Morgan fingerprint density at radius 3 is 2.39 bits per heavy atom. The molecule has 3 aromatic carbocycles. The number of thiazole rings is 1. The Balaban J connectivity index is 1.90. The molecule has 0 radical (unpaired) electrons. The molecule has 0 aliphatic rings. The monoisotopic (exact) mass is 496 g/mol. The van der Waals surface area contributed by atoms with Gasteiger partial charge in [0, 0.05) is 12.1 Å². The molecule has 4 rings (SSSR count). The Labute approximate surface area is 209 Å². The zero-order chi connectivity index (χ0) is 25.7. The minimum Gasteiger partial charge on any atom is -0.345 e. The van der Waals surface area contributed by atoms with Crippen molar-refractivity contribution in [2.45, 2.75) is 13.0 Å². The average Bonchev–Trinajstić information content (AvgIpc) is 3.20. The highest BCUT2D eigenvalue weighted by Gasteiger charge is 2.19. The largest absolute Gasteiger partial charge is 0.345 e. The van der Waals surface area contributed by atoms with Crippen LogP contribution in [-0.4, -0.2) is 15.4 Å². The first kappa shape index (κ1) is 24.3. The molecule has 1 atom stereocenters. The number of nitro groups is 1. The molecule has 36 heavy (non-hydrogen) atoms. The predicted octanol–water partition coefficient (Wildman–Crippen LogP) is 3.19. The van der Waals surface area contributed by atoms with Crippen molar-refractivity contribution in [3.8, 4) is 11.8 Å². The van der Waals surface area contributed by atoms with Crippen molar-refractivity contribution in [2.24, 2.45) is 0 Å². The number of hydrogen-bond acceptors (Lipinski definition) is 6. The van der Waals surface area contributed by atoms with Gasteiger partial charge in [0.15, 0.2) is 5.57 Å². The van der Waals surface area contributed by atoms with Crippen LogP contribution in [0.5, 0.6) is 0 Å².